The van der Waals surface area contributed by atoms with E-state index < -0.39 is 6.10 Å². The van der Waals surface area contributed by atoms with Crippen molar-refractivity contribution in [2.75, 3.05) is 0 Å². The molecule has 1 aliphatic rings. The van der Waals surface area contributed by atoms with Crippen LogP contribution in [0.3, 0.4) is 0 Å². The molecule has 2 unspecified atom stereocenters. The number of aliphatic hydroxyl groups is 1. The SMILES string of the molecule is OC1CCCCCCCCCCC1Oc1ccccc1F. The summed E-state index contributed by atoms with van der Waals surface area (Å²) in [6, 6.07) is 6.45. The highest BCUT2D eigenvalue weighted by Gasteiger charge is 2.22. The van der Waals surface area contributed by atoms with E-state index in [9.17, 15) is 9.50 Å². The van der Waals surface area contributed by atoms with Crippen molar-refractivity contribution in [1.82, 2.24) is 0 Å². The van der Waals surface area contributed by atoms with Crippen molar-refractivity contribution in [3.05, 3.63) is 30.1 Å². The van der Waals surface area contributed by atoms with Crippen LogP contribution in [0.2, 0.25) is 0 Å². The fraction of sp³-hybridized carbons (Fsp3) is 0.667. The number of benzene rings is 1. The second-order valence-electron chi connectivity index (χ2n) is 6.06. The summed E-state index contributed by atoms with van der Waals surface area (Å²) in [5.74, 6) is -0.0931. The Hall–Kier alpha value is -1.09. The number of rotatable bonds is 2. The summed E-state index contributed by atoms with van der Waals surface area (Å²) in [7, 11) is 0. The quantitative estimate of drug-likeness (QED) is 0.845. The molecular weight excluding hydrogens is 267 g/mol. The lowest BCUT2D eigenvalue weighted by atomic mass is 9.97. The molecule has 0 aliphatic heterocycles. The second-order valence-corrected chi connectivity index (χ2v) is 6.06. The molecule has 1 aromatic rings. The molecule has 1 fully saturated rings. The first-order chi connectivity index (χ1) is 10.3. The normalized spacial score (nSPS) is 25.6. The zero-order chi connectivity index (χ0) is 14.9. The molecule has 3 heteroatoms. The molecular formula is C18H27FO2. The van der Waals surface area contributed by atoms with Crippen molar-refractivity contribution in [1.29, 1.82) is 0 Å². The van der Waals surface area contributed by atoms with Gasteiger partial charge in [0.25, 0.3) is 0 Å². The van der Waals surface area contributed by atoms with E-state index in [0.717, 1.165) is 25.7 Å². The first kappa shape index (κ1) is 16.3. The second kappa shape index (κ2) is 9.04. The predicted octanol–water partition coefficient (Wildman–Crippen LogP) is 4.85. The van der Waals surface area contributed by atoms with Gasteiger partial charge in [0.15, 0.2) is 11.6 Å². The largest absolute Gasteiger partial charge is 0.485 e. The summed E-state index contributed by atoms with van der Waals surface area (Å²) in [5, 5.41) is 10.4. The zero-order valence-corrected chi connectivity index (χ0v) is 12.8. The molecule has 21 heavy (non-hydrogen) atoms. The Labute approximate surface area is 127 Å². The van der Waals surface area contributed by atoms with Gasteiger partial charge in [0.05, 0.1) is 6.10 Å². The number of hydrogen-bond donors (Lipinski definition) is 1. The minimum Gasteiger partial charge on any atom is -0.485 e. The van der Waals surface area contributed by atoms with Crippen molar-refractivity contribution in [2.45, 2.75) is 76.4 Å². The lowest BCUT2D eigenvalue weighted by Crippen LogP contribution is -2.32. The molecule has 1 aliphatic carbocycles. The Morgan fingerprint density at radius 1 is 0.857 bits per heavy atom. The monoisotopic (exact) mass is 294 g/mol. The van der Waals surface area contributed by atoms with Crippen LogP contribution in [0.1, 0.15) is 64.2 Å². The average Bonchev–Trinajstić information content (AvgIpc) is 2.48. The van der Waals surface area contributed by atoms with Gasteiger partial charge in [-0.05, 0) is 31.4 Å². The maximum Gasteiger partial charge on any atom is 0.165 e. The van der Waals surface area contributed by atoms with Crippen LogP contribution in [0.4, 0.5) is 4.39 Å². The molecule has 2 rings (SSSR count). The van der Waals surface area contributed by atoms with Crippen molar-refractivity contribution >= 4 is 0 Å². The van der Waals surface area contributed by atoms with Crippen LogP contribution in [-0.4, -0.2) is 17.3 Å². The van der Waals surface area contributed by atoms with Crippen LogP contribution in [0.5, 0.6) is 5.75 Å². The van der Waals surface area contributed by atoms with E-state index in [2.05, 4.69) is 0 Å². The molecule has 1 N–H and O–H groups in total. The molecule has 2 atom stereocenters. The Bertz CT molecular complexity index is 408. The van der Waals surface area contributed by atoms with E-state index in [1.165, 1.54) is 44.6 Å². The van der Waals surface area contributed by atoms with Gasteiger partial charge in [-0.25, -0.2) is 4.39 Å². The molecule has 0 amide bonds. The van der Waals surface area contributed by atoms with Crippen LogP contribution < -0.4 is 4.74 Å². The topological polar surface area (TPSA) is 29.5 Å². The number of hydrogen-bond acceptors (Lipinski definition) is 2. The first-order valence-electron chi connectivity index (χ1n) is 8.36. The number of ether oxygens (including phenoxy) is 1. The summed E-state index contributed by atoms with van der Waals surface area (Å²) in [5.41, 5.74) is 0. The number of halogens is 1. The van der Waals surface area contributed by atoms with Gasteiger partial charge in [-0.3, -0.25) is 0 Å². The molecule has 2 nitrogen and oxygen atoms in total. The minimum absolute atomic E-state index is 0.258. The van der Waals surface area contributed by atoms with Crippen LogP contribution in [0.25, 0.3) is 0 Å². The molecule has 118 valence electrons. The minimum atomic E-state index is -0.496. The smallest absolute Gasteiger partial charge is 0.165 e. The van der Waals surface area contributed by atoms with E-state index >= 15 is 0 Å². The highest BCUT2D eigenvalue weighted by Crippen LogP contribution is 2.23. The van der Waals surface area contributed by atoms with E-state index in [-0.39, 0.29) is 17.7 Å². The Morgan fingerprint density at radius 2 is 1.43 bits per heavy atom. The van der Waals surface area contributed by atoms with Crippen LogP contribution in [-0.2, 0) is 0 Å². The molecule has 0 aromatic heterocycles. The van der Waals surface area contributed by atoms with Gasteiger partial charge in [0, 0.05) is 0 Å². The van der Waals surface area contributed by atoms with Crippen LogP contribution >= 0.6 is 0 Å². The molecule has 0 heterocycles. The Morgan fingerprint density at radius 3 is 2.10 bits per heavy atom. The zero-order valence-electron chi connectivity index (χ0n) is 12.8. The molecule has 0 radical (unpaired) electrons. The van der Waals surface area contributed by atoms with E-state index in [1.54, 1.807) is 18.2 Å². The number of aliphatic hydroxyl groups excluding tert-OH is 1. The summed E-state index contributed by atoms with van der Waals surface area (Å²) in [6.07, 6.45) is 10.3. The van der Waals surface area contributed by atoms with Gasteiger partial charge in [-0.15, -0.1) is 0 Å². The third-order valence-corrected chi connectivity index (χ3v) is 4.28. The van der Waals surface area contributed by atoms with Gasteiger partial charge in [-0.2, -0.15) is 0 Å². The third-order valence-electron chi connectivity index (χ3n) is 4.28. The van der Waals surface area contributed by atoms with Crippen LogP contribution in [0.15, 0.2) is 24.3 Å². The average molecular weight is 294 g/mol. The van der Waals surface area contributed by atoms with Gasteiger partial charge in [0.1, 0.15) is 6.10 Å². The molecule has 0 spiro atoms. The van der Waals surface area contributed by atoms with E-state index in [0.29, 0.717) is 0 Å². The molecule has 0 bridgehead atoms. The van der Waals surface area contributed by atoms with E-state index in [1.807, 2.05) is 0 Å². The van der Waals surface area contributed by atoms with Crippen molar-refractivity contribution < 1.29 is 14.2 Å². The predicted molar refractivity (Wildman–Crippen MR) is 83.0 cm³/mol. The maximum absolute atomic E-state index is 13.7. The van der Waals surface area contributed by atoms with Crippen molar-refractivity contribution in [3.8, 4) is 5.75 Å². The van der Waals surface area contributed by atoms with E-state index in [4.69, 9.17) is 4.74 Å². The maximum atomic E-state index is 13.7. The summed E-state index contributed by atoms with van der Waals surface area (Å²) in [6.45, 7) is 0. The fourth-order valence-electron chi connectivity index (χ4n) is 2.98. The highest BCUT2D eigenvalue weighted by molar-refractivity contribution is 5.24. The van der Waals surface area contributed by atoms with Gasteiger partial charge >= 0.3 is 0 Å². The summed E-state index contributed by atoms with van der Waals surface area (Å²) >= 11 is 0. The van der Waals surface area contributed by atoms with Gasteiger partial charge in [-0.1, -0.05) is 57.1 Å². The van der Waals surface area contributed by atoms with Crippen molar-refractivity contribution in [3.63, 3.8) is 0 Å². The Balaban J connectivity index is 1.96. The molecule has 1 saturated carbocycles. The van der Waals surface area contributed by atoms with Crippen molar-refractivity contribution in [2.24, 2.45) is 0 Å². The standard InChI is InChI=1S/C18H27FO2/c19-15-11-9-10-13-17(15)21-18-14-8-6-4-2-1-3-5-7-12-16(18)20/h9-11,13,16,18,20H,1-8,12,14H2. The molecule has 1 aromatic carbocycles. The Kier molecular flexibility index (Phi) is 7.01. The lowest BCUT2D eigenvalue weighted by molar-refractivity contribution is 0.0207. The summed E-state index contributed by atoms with van der Waals surface area (Å²) in [4.78, 5) is 0. The first-order valence-corrected chi connectivity index (χ1v) is 8.36. The fourth-order valence-corrected chi connectivity index (χ4v) is 2.98. The van der Waals surface area contributed by atoms with Gasteiger partial charge in [0.2, 0.25) is 0 Å². The lowest BCUT2D eigenvalue weighted by Gasteiger charge is -2.25. The molecule has 0 saturated heterocycles. The van der Waals surface area contributed by atoms with Crippen LogP contribution in [0, 0.1) is 5.82 Å². The van der Waals surface area contributed by atoms with Gasteiger partial charge < -0.3 is 9.84 Å². The number of para-hydroxylation sites is 1. The highest BCUT2D eigenvalue weighted by atomic mass is 19.1. The third kappa shape index (κ3) is 5.66. The summed E-state index contributed by atoms with van der Waals surface area (Å²) < 4.78 is 19.5.